The van der Waals surface area contributed by atoms with Gasteiger partial charge < -0.3 is 17.3 Å². The monoisotopic (exact) mass is 290 g/mol. The number of hydrogen-bond acceptors (Lipinski definition) is 2. The summed E-state index contributed by atoms with van der Waals surface area (Å²) in [6.07, 6.45) is 8.30. The molecule has 0 radical (unpaired) electrons. The van der Waals surface area contributed by atoms with Crippen LogP contribution in [0.5, 0.6) is 0 Å². The maximum absolute atomic E-state index is 11.1. The number of aromatic nitrogens is 2. The number of rotatable bonds is 4. The number of hydrogen-bond donors (Lipinski definition) is 0. The Morgan fingerprint density at radius 2 is 1.78 bits per heavy atom. The van der Waals surface area contributed by atoms with Crippen molar-refractivity contribution in [2.24, 2.45) is 0 Å². The second kappa shape index (κ2) is 6.76. The molecule has 0 atom stereocenters. The molecule has 106 valence electrons. The zero-order chi connectivity index (χ0) is 14.4. The van der Waals surface area contributed by atoms with Gasteiger partial charge in [0.05, 0.1) is 12.8 Å². The molecular formula is C8H15BF4N2O2S. The predicted molar refractivity (Wildman–Crippen MR) is 60.0 cm³/mol. The average molecular weight is 290 g/mol. The Morgan fingerprint density at radius 1 is 1.28 bits per heavy atom. The highest BCUT2D eigenvalue weighted by molar-refractivity contribution is 7.89. The van der Waals surface area contributed by atoms with Gasteiger partial charge in [0.2, 0.25) is 0 Å². The predicted octanol–water partition coefficient (Wildman–Crippen LogP) is 1.68. The number of aryl methyl sites for hydroxylation is 1. The highest BCUT2D eigenvalue weighted by Crippen LogP contribution is 2.06. The van der Waals surface area contributed by atoms with E-state index in [0.29, 0.717) is 0 Å². The van der Waals surface area contributed by atoms with Crippen molar-refractivity contribution in [3.8, 4) is 0 Å². The largest absolute Gasteiger partial charge is 0.673 e. The van der Waals surface area contributed by atoms with Gasteiger partial charge in [0.25, 0.3) is 6.33 Å². The fourth-order valence-corrected chi connectivity index (χ4v) is 1.61. The molecule has 1 heterocycles. The lowest BCUT2D eigenvalue weighted by Gasteiger charge is -1.94. The van der Waals surface area contributed by atoms with Crippen LogP contribution in [-0.4, -0.2) is 25.9 Å². The number of nitrogens with zero attached hydrogens (tertiary/aromatic N) is 2. The van der Waals surface area contributed by atoms with Crippen LogP contribution < -0.4 is 4.57 Å². The molecule has 1 aromatic heterocycles. The maximum atomic E-state index is 11.1. The van der Waals surface area contributed by atoms with Crippen LogP contribution in [0.3, 0.4) is 0 Å². The summed E-state index contributed by atoms with van der Waals surface area (Å²) in [6, 6.07) is 0. The molecule has 0 unspecified atom stereocenters. The molecule has 0 aliphatic carbocycles. The summed E-state index contributed by atoms with van der Waals surface area (Å²) in [5, 5.41) is 0. The third kappa shape index (κ3) is 9.02. The first-order chi connectivity index (χ1) is 8.04. The first-order valence-corrected chi connectivity index (χ1v) is 7.03. The lowest BCUT2D eigenvalue weighted by molar-refractivity contribution is -0.696. The van der Waals surface area contributed by atoms with E-state index in [1.165, 1.54) is 10.2 Å². The van der Waals surface area contributed by atoms with Crippen LogP contribution in [0.1, 0.15) is 19.8 Å². The Balaban J connectivity index is 0.000000494. The Bertz CT molecular complexity index is 452. The molecule has 0 aromatic carbocycles. The van der Waals surface area contributed by atoms with Gasteiger partial charge in [0.15, 0.2) is 0 Å². The van der Waals surface area contributed by atoms with Crippen LogP contribution in [0.2, 0.25) is 0 Å². The molecule has 0 amide bonds. The van der Waals surface area contributed by atoms with Gasteiger partial charge in [-0.25, -0.2) is 4.57 Å². The van der Waals surface area contributed by atoms with Crippen LogP contribution in [0.15, 0.2) is 18.7 Å². The van der Waals surface area contributed by atoms with Gasteiger partial charge in [0.1, 0.15) is 12.4 Å². The lowest BCUT2D eigenvalue weighted by Crippen LogP contribution is -2.31. The van der Waals surface area contributed by atoms with Gasteiger partial charge >= 0.3 is 17.3 Å². The smallest absolute Gasteiger partial charge is 0.418 e. The molecule has 0 saturated carbocycles. The zero-order valence-corrected chi connectivity index (χ0v) is 10.9. The third-order valence-electron chi connectivity index (χ3n) is 1.82. The molecule has 0 saturated heterocycles. The summed E-state index contributed by atoms with van der Waals surface area (Å²) in [4.78, 5) is 0. The van der Waals surface area contributed by atoms with Crippen LogP contribution in [-0.2, 0) is 16.6 Å². The standard InChI is InChI=1S/C8H15N2O2S.BF4/c1-3-4-5-9-6-7-10(8-9)13(2,11)12;2-1(3,4)5/h6-8H,3-5H2,1-2H3;/q+1;-1. The molecule has 0 aliphatic heterocycles. The minimum absolute atomic E-state index is 0.874. The van der Waals surface area contributed by atoms with Gasteiger partial charge in [-0.2, -0.15) is 8.42 Å². The summed E-state index contributed by atoms with van der Waals surface area (Å²) in [5.41, 5.74) is 0. The van der Waals surface area contributed by atoms with Gasteiger partial charge in [-0.1, -0.05) is 13.3 Å². The fraction of sp³-hybridized carbons (Fsp3) is 0.625. The molecule has 0 aliphatic rings. The molecule has 10 heteroatoms. The van der Waals surface area contributed by atoms with Crippen molar-refractivity contribution in [3.05, 3.63) is 18.7 Å². The molecule has 0 spiro atoms. The third-order valence-corrected chi connectivity index (χ3v) is 2.80. The summed E-state index contributed by atoms with van der Waals surface area (Å²) >= 11 is 0. The van der Waals surface area contributed by atoms with E-state index in [1.807, 2.05) is 4.57 Å². The number of halogens is 4. The Kier molecular flexibility index (Phi) is 6.37. The van der Waals surface area contributed by atoms with Crippen molar-refractivity contribution >= 4 is 17.3 Å². The number of unbranched alkanes of at least 4 members (excludes halogenated alkanes) is 1. The van der Waals surface area contributed by atoms with E-state index in [-0.39, 0.29) is 0 Å². The molecule has 1 aromatic rings. The van der Waals surface area contributed by atoms with E-state index < -0.39 is 17.3 Å². The van der Waals surface area contributed by atoms with Crippen LogP contribution in [0, 0.1) is 0 Å². The second-order valence-electron chi connectivity index (χ2n) is 3.59. The lowest BCUT2D eigenvalue weighted by atomic mass is 10.3. The van der Waals surface area contributed by atoms with Crippen LogP contribution in [0.25, 0.3) is 0 Å². The highest BCUT2D eigenvalue weighted by atomic mass is 32.2. The minimum atomic E-state index is -6.00. The Hall–Kier alpha value is -1.06. The number of imidazole rings is 1. The SMILES string of the molecule is CCCC[n+]1ccn(S(C)(=O)=O)c1.F[B-](F)(F)F. The van der Waals surface area contributed by atoms with Crippen molar-refractivity contribution < 1.29 is 30.2 Å². The van der Waals surface area contributed by atoms with E-state index in [2.05, 4.69) is 6.92 Å². The van der Waals surface area contributed by atoms with Crippen molar-refractivity contribution in [1.82, 2.24) is 3.97 Å². The summed E-state index contributed by atoms with van der Waals surface area (Å²) in [7, 11) is -9.11. The first-order valence-electron chi connectivity index (χ1n) is 5.19. The molecule has 0 N–H and O–H groups in total. The van der Waals surface area contributed by atoms with E-state index in [1.54, 1.807) is 18.7 Å². The maximum Gasteiger partial charge on any atom is 0.673 e. The molecule has 4 nitrogen and oxygen atoms in total. The minimum Gasteiger partial charge on any atom is -0.418 e. The molecule has 0 bridgehead atoms. The first kappa shape index (κ1) is 16.9. The van der Waals surface area contributed by atoms with E-state index in [4.69, 9.17) is 0 Å². The van der Waals surface area contributed by atoms with Gasteiger partial charge in [-0.05, 0) is 6.42 Å². The van der Waals surface area contributed by atoms with Crippen LogP contribution in [0.4, 0.5) is 17.3 Å². The van der Waals surface area contributed by atoms with Gasteiger partial charge in [-0.3, -0.25) is 0 Å². The highest BCUT2D eigenvalue weighted by Gasteiger charge is 2.20. The molecule has 0 fully saturated rings. The fourth-order valence-electron chi connectivity index (χ4n) is 1.04. The van der Waals surface area contributed by atoms with Crippen molar-refractivity contribution in [1.29, 1.82) is 0 Å². The topological polar surface area (TPSA) is 43.0 Å². The molecule has 18 heavy (non-hydrogen) atoms. The van der Waals surface area contributed by atoms with E-state index in [9.17, 15) is 25.7 Å². The molecular weight excluding hydrogens is 275 g/mol. The van der Waals surface area contributed by atoms with Crippen molar-refractivity contribution in [2.45, 2.75) is 26.3 Å². The Morgan fingerprint density at radius 3 is 2.11 bits per heavy atom. The molecule has 1 rings (SSSR count). The second-order valence-corrected chi connectivity index (χ2v) is 5.48. The summed E-state index contributed by atoms with van der Waals surface area (Å²) < 4.78 is 64.2. The quantitative estimate of drug-likeness (QED) is 0.481. The van der Waals surface area contributed by atoms with Crippen LogP contribution >= 0.6 is 0 Å². The van der Waals surface area contributed by atoms with Gasteiger partial charge in [-0.15, -0.1) is 3.97 Å². The van der Waals surface area contributed by atoms with Crippen molar-refractivity contribution in [2.75, 3.05) is 6.26 Å². The summed E-state index contributed by atoms with van der Waals surface area (Å²) in [6.45, 7) is 2.98. The van der Waals surface area contributed by atoms with Gasteiger partial charge in [0, 0.05) is 0 Å². The van der Waals surface area contributed by atoms with Crippen molar-refractivity contribution in [3.63, 3.8) is 0 Å². The normalized spacial score (nSPS) is 11.9. The van der Waals surface area contributed by atoms with E-state index in [0.717, 1.165) is 19.4 Å². The summed E-state index contributed by atoms with van der Waals surface area (Å²) in [5.74, 6) is 0. The Labute approximate surface area is 103 Å². The van der Waals surface area contributed by atoms with E-state index >= 15 is 0 Å². The average Bonchev–Trinajstić information content (AvgIpc) is 2.59. The zero-order valence-electron chi connectivity index (χ0n) is 10.1.